The molecule has 1 N–H and O–H groups in total. The van der Waals surface area contributed by atoms with Crippen molar-refractivity contribution in [3.8, 4) is 5.75 Å². The van der Waals surface area contributed by atoms with Crippen LogP contribution in [0, 0.1) is 13.8 Å². The third kappa shape index (κ3) is 2.97. The fraction of sp³-hybridized carbons (Fsp3) is 0.278. The van der Waals surface area contributed by atoms with E-state index >= 15 is 0 Å². The molecule has 0 saturated carbocycles. The first-order chi connectivity index (χ1) is 10.6. The van der Waals surface area contributed by atoms with Crippen LogP contribution in [0.2, 0.25) is 0 Å². The Morgan fingerprint density at radius 2 is 1.95 bits per heavy atom. The van der Waals surface area contributed by atoms with Crippen molar-refractivity contribution in [1.29, 1.82) is 0 Å². The molecule has 3 aromatic rings. The highest BCUT2D eigenvalue weighted by Crippen LogP contribution is 2.21. The summed E-state index contributed by atoms with van der Waals surface area (Å²) in [5, 5.41) is 10.2. The lowest BCUT2D eigenvalue weighted by atomic mass is 10.1. The molecule has 0 saturated heterocycles. The fourth-order valence-electron chi connectivity index (χ4n) is 2.50. The van der Waals surface area contributed by atoms with Crippen molar-refractivity contribution in [2.45, 2.75) is 26.5 Å². The topological polar surface area (TPSA) is 47.3 Å². The minimum atomic E-state index is -0.586. The maximum Gasteiger partial charge on any atom is 0.122 e. The summed E-state index contributed by atoms with van der Waals surface area (Å²) in [4.78, 5) is 4.33. The van der Waals surface area contributed by atoms with Crippen molar-refractivity contribution < 1.29 is 9.84 Å². The molecule has 2 aromatic carbocycles. The van der Waals surface area contributed by atoms with Gasteiger partial charge in [0.25, 0.3) is 0 Å². The number of fused-ring (bicyclic) bond motifs is 1. The zero-order chi connectivity index (χ0) is 15.5. The molecule has 0 aliphatic heterocycles. The molecular weight excluding hydrogens is 276 g/mol. The molecule has 1 atom stereocenters. The number of para-hydroxylation sites is 2. The number of imidazole rings is 1. The van der Waals surface area contributed by atoms with Gasteiger partial charge in [-0.1, -0.05) is 24.3 Å². The lowest BCUT2D eigenvalue weighted by Gasteiger charge is -2.15. The SMILES string of the molecule is Cc1cccc(OC[C@@H](O)Cn2cnc3ccccc32)c1C. The van der Waals surface area contributed by atoms with Gasteiger partial charge >= 0.3 is 0 Å². The van der Waals surface area contributed by atoms with E-state index in [0.29, 0.717) is 6.54 Å². The Morgan fingerprint density at radius 1 is 1.14 bits per heavy atom. The molecule has 0 aliphatic rings. The summed E-state index contributed by atoms with van der Waals surface area (Å²) in [6.07, 6.45) is 1.17. The van der Waals surface area contributed by atoms with Crippen LogP contribution in [0.5, 0.6) is 5.75 Å². The Balaban J connectivity index is 1.65. The summed E-state index contributed by atoms with van der Waals surface area (Å²) in [6, 6.07) is 13.8. The van der Waals surface area contributed by atoms with Crippen LogP contribution in [-0.2, 0) is 6.54 Å². The van der Waals surface area contributed by atoms with Gasteiger partial charge in [0.15, 0.2) is 0 Å². The number of aliphatic hydroxyl groups excluding tert-OH is 1. The highest BCUT2D eigenvalue weighted by Gasteiger charge is 2.10. The first-order valence-electron chi connectivity index (χ1n) is 7.42. The highest BCUT2D eigenvalue weighted by atomic mass is 16.5. The van der Waals surface area contributed by atoms with E-state index in [9.17, 15) is 5.11 Å². The maximum atomic E-state index is 10.2. The third-order valence-electron chi connectivity index (χ3n) is 3.92. The Labute approximate surface area is 130 Å². The van der Waals surface area contributed by atoms with Crippen molar-refractivity contribution in [1.82, 2.24) is 9.55 Å². The Kier molecular flexibility index (Phi) is 4.11. The summed E-state index contributed by atoms with van der Waals surface area (Å²) in [6.45, 7) is 4.80. The molecule has 1 aromatic heterocycles. The summed E-state index contributed by atoms with van der Waals surface area (Å²) >= 11 is 0. The fourth-order valence-corrected chi connectivity index (χ4v) is 2.50. The van der Waals surface area contributed by atoms with Crippen LogP contribution in [-0.4, -0.2) is 27.4 Å². The van der Waals surface area contributed by atoms with Gasteiger partial charge in [0, 0.05) is 0 Å². The summed E-state index contributed by atoms with van der Waals surface area (Å²) in [5.41, 5.74) is 4.26. The van der Waals surface area contributed by atoms with Crippen LogP contribution in [0.25, 0.3) is 11.0 Å². The first kappa shape index (κ1) is 14.6. The molecule has 0 spiro atoms. The second-order valence-corrected chi connectivity index (χ2v) is 5.55. The Bertz CT molecular complexity index is 780. The maximum absolute atomic E-state index is 10.2. The monoisotopic (exact) mass is 296 g/mol. The van der Waals surface area contributed by atoms with Gasteiger partial charge < -0.3 is 14.4 Å². The number of benzene rings is 2. The van der Waals surface area contributed by atoms with E-state index in [-0.39, 0.29) is 6.61 Å². The molecule has 4 heteroatoms. The van der Waals surface area contributed by atoms with E-state index in [1.54, 1.807) is 6.33 Å². The largest absolute Gasteiger partial charge is 0.491 e. The van der Waals surface area contributed by atoms with E-state index in [1.807, 2.05) is 47.9 Å². The van der Waals surface area contributed by atoms with E-state index in [1.165, 1.54) is 5.56 Å². The van der Waals surface area contributed by atoms with Gasteiger partial charge in [0.2, 0.25) is 0 Å². The molecule has 22 heavy (non-hydrogen) atoms. The Hall–Kier alpha value is -2.33. The third-order valence-corrected chi connectivity index (χ3v) is 3.92. The lowest BCUT2D eigenvalue weighted by Crippen LogP contribution is -2.23. The second kappa shape index (κ2) is 6.20. The minimum absolute atomic E-state index is 0.261. The quantitative estimate of drug-likeness (QED) is 0.787. The molecule has 114 valence electrons. The smallest absolute Gasteiger partial charge is 0.122 e. The number of hydrogen-bond donors (Lipinski definition) is 1. The van der Waals surface area contributed by atoms with Crippen LogP contribution >= 0.6 is 0 Å². The van der Waals surface area contributed by atoms with Crippen LogP contribution in [0.3, 0.4) is 0 Å². The zero-order valence-corrected chi connectivity index (χ0v) is 12.9. The summed E-state index contributed by atoms with van der Waals surface area (Å²) < 4.78 is 7.71. The number of aryl methyl sites for hydroxylation is 1. The van der Waals surface area contributed by atoms with Crippen molar-refractivity contribution in [3.63, 3.8) is 0 Å². The standard InChI is InChI=1S/C18H20N2O2/c1-13-6-5-9-18(14(13)2)22-11-15(21)10-20-12-19-16-7-3-4-8-17(16)20/h3-9,12,15,21H,10-11H2,1-2H3/t15-/m0/s1. The number of aromatic nitrogens is 2. The molecule has 0 unspecified atom stereocenters. The molecule has 3 rings (SSSR count). The molecule has 0 fully saturated rings. The predicted molar refractivity (Wildman–Crippen MR) is 87.2 cm³/mol. The van der Waals surface area contributed by atoms with Crippen molar-refractivity contribution in [2.75, 3.05) is 6.61 Å². The van der Waals surface area contributed by atoms with Gasteiger partial charge in [-0.25, -0.2) is 4.98 Å². The van der Waals surface area contributed by atoms with E-state index in [0.717, 1.165) is 22.3 Å². The Morgan fingerprint density at radius 3 is 2.82 bits per heavy atom. The number of hydrogen-bond acceptors (Lipinski definition) is 3. The predicted octanol–water partition coefficient (Wildman–Crippen LogP) is 3.09. The van der Waals surface area contributed by atoms with Gasteiger partial charge in [0.05, 0.1) is 23.9 Å². The molecule has 0 bridgehead atoms. The summed E-state index contributed by atoms with van der Waals surface area (Å²) in [7, 11) is 0. The van der Waals surface area contributed by atoms with Crippen molar-refractivity contribution in [2.24, 2.45) is 0 Å². The van der Waals surface area contributed by atoms with Crippen LogP contribution in [0.15, 0.2) is 48.8 Å². The number of aliphatic hydroxyl groups is 1. The minimum Gasteiger partial charge on any atom is -0.491 e. The summed E-state index contributed by atoms with van der Waals surface area (Å²) in [5.74, 6) is 0.828. The molecular formula is C18H20N2O2. The number of nitrogens with zero attached hydrogens (tertiary/aromatic N) is 2. The molecule has 0 radical (unpaired) electrons. The van der Waals surface area contributed by atoms with Crippen LogP contribution in [0.1, 0.15) is 11.1 Å². The van der Waals surface area contributed by atoms with Crippen molar-refractivity contribution in [3.05, 3.63) is 59.9 Å². The van der Waals surface area contributed by atoms with E-state index in [2.05, 4.69) is 18.0 Å². The molecule has 0 aliphatic carbocycles. The average Bonchev–Trinajstić information content (AvgIpc) is 2.92. The van der Waals surface area contributed by atoms with Gasteiger partial charge in [-0.3, -0.25) is 0 Å². The van der Waals surface area contributed by atoms with E-state index < -0.39 is 6.10 Å². The van der Waals surface area contributed by atoms with E-state index in [4.69, 9.17) is 4.74 Å². The normalized spacial score (nSPS) is 12.5. The number of ether oxygens (including phenoxy) is 1. The van der Waals surface area contributed by atoms with Crippen LogP contribution < -0.4 is 4.74 Å². The van der Waals surface area contributed by atoms with Gasteiger partial charge in [0.1, 0.15) is 18.5 Å². The van der Waals surface area contributed by atoms with Gasteiger partial charge in [-0.05, 0) is 43.2 Å². The average molecular weight is 296 g/mol. The molecule has 0 amide bonds. The van der Waals surface area contributed by atoms with Crippen LogP contribution in [0.4, 0.5) is 0 Å². The lowest BCUT2D eigenvalue weighted by molar-refractivity contribution is 0.0930. The molecule has 1 heterocycles. The van der Waals surface area contributed by atoms with Gasteiger partial charge in [-0.2, -0.15) is 0 Å². The zero-order valence-electron chi connectivity index (χ0n) is 12.9. The molecule has 4 nitrogen and oxygen atoms in total. The highest BCUT2D eigenvalue weighted by molar-refractivity contribution is 5.74. The number of rotatable bonds is 5. The second-order valence-electron chi connectivity index (χ2n) is 5.55. The van der Waals surface area contributed by atoms with Crippen molar-refractivity contribution >= 4 is 11.0 Å². The van der Waals surface area contributed by atoms with Gasteiger partial charge in [-0.15, -0.1) is 0 Å². The first-order valence-corrected chi connectivity index (χ1v) is 7.42.